The number of nitrogens with one attached hydrogen (secondary N) is 1. The Morgan fingerprint density at radius 1 is 1.33 bits per heavy atom. The number of hydrogen-bond donors (Lipinski definition) is 1. The average molecular weight is 294 g/mol. The molecule has 1 rings (SSSR count). The van der Waals surface area contributed by atoms with E-state index in [1.807, 2.05) is 13.0 Å². The standard InChI is InChI=1S/C16H26N2O3/c1-5-17-14(9-12(3)4)10-13-7-8-15(18(19)20)16(11-13)21-6-2/h7-8,11-12,14,17H,5-6,9-10H2,1-4H3. The molecule has 0 bridgehead atoms. The van der Waals surface area contributed by atoms with E-state index in [9.17, 15) is 10.1 Å². The predicted molar refractivity (Wildman–Crippen MR) is 84.9 cm³/mol. The van der Waals surface area contributed by atoms with Gasteiger partial charge in [-0.05, 0) is 43.9 Å². The van der Waals surface area contributed by atoms with Gasteiger partial charge in [0.05, 0.1) is 11.5 Å². The van der Waals surface area contributed by atoms with Gasteiger partial charge in [0.2, 0.25) is 0 Å². The summed E-state index contributed by atoms with van der Waals surface area (Å²) in [5.74, 6) is 0.971. The van der Waals surface area contributed by atoms with Crippen LogP contribution in [0.25, 0.3) is 0 Å². The van der Waals surface area contributed by atoms with Crippen LogP contribution in [-0.2, 0) is 6.42 Å². The third-order valence-corrected chi connectivity index (χ3v) is 3.25. The van der Waals surface area contributed by atoms with Crippen molar-refractivity contribution in [2.24, 2.45) is 5.92 Å². The first-order chi connectivity index (χ1) is 9.97. The largest absolute Gasteiger partial charge is 0.487 e. The quantitative estimate of drug-likeness (QED) is 0.558. The van der Waals surface area contributed by atoms with Crippen LogP contribution in [0.5, 0.6) is 5.75 Å². The average Bonchev–Trinajstić information content (AvgIpc) is 2.38. The first-order valence-electron chi connectivity index (χ1n) is 7.61. The number of hydrogen-bond acceptors (Lipinski definition) is 4. The first kappa shape index (κ1) is 17.4. The van der Waals surface area contributed by atoms with Crippen molar-refractivity contribution in [2.45, 2.75) is 46.6 Å². The van der Waals surface area contributed by atoms with Crippen molar-refractivity contribution in [3.05, 3.63) is 33.9 Å². The number of nitro benzene ring substituents is 1. The number of nitro groups is 1. The molecular formula is C16H26N2O3. The van der Waals surface area contributed by atoms with Crippen LogP contribution in [0.15, 0.2) is 18.2 Å². The molecule has 1 aromatic carbocycles. The molecule has 1 aromatic rings. The van der Waals surface area contributed by atoms with Crippen molar-refractivity contribution < 1.29 is 9.66 Å². The molecule has 0 radical (unpaired) electrons. The Kier molecular flexibility index (Phi) is 7.15. The summed E-state index contributed by atoms with van der Waals surface area (Å²) in [5.41, 5.74) is 1.10. The Balaban J connectivity index is 2.91. The number of likely N-dealkylation sites (N-methyl/N-ethyl adjacent to an activating group) is 1. The lowest BCUT2D eigenvalue weighted by atomic mass is 9.97. The molecule has 1 unspecified atom stereocenters. The minimum atomic E-state index is -0.398. The van der Waals surface area contributed by atoms with E-state index in [1.165, 1.54) is 0 Å². The summed E-state index contributed by atoms with van der Waals surface area (Å²) in [7, 11) is 0. The van der Waals surface area contributed by atoms with Gasteiger partial charge in [-0.25, -0.2) is 0 Å². The second kappa shape index (κ2) is 8.62. The molecule has 0 saturated carbocycles. The van der Waals surface area contributed by atoms with Crippen LogP contribution >= 0.6 is 0 Å². The van der Waals surface area contributed by atoms with Crippen LogP contribution in [0.2, 0.25) is 0 Å². The molecule has 118 valence electrons. The van der Waals surface area contributed by atoms with Crippen molar-refractivity contribution in [1.29, 1.82) is 0 Å². The fourth-order valence-electron chi connectivity index (χ4n) is 2.49. The van der Waals surface area contributed by atoms with Gasteiger partial charge in [0.15, 0.2) is 5.75 Å². The molecule has 0 saturated heterocycles. The molecule has 0 aromatic heterocycles. The van der Waals surface area contributed by atoms with E-state index in [1.54, 1.807) is 12.1 Å². The van der Waals surface area contributed by atoms with E-state index in [2.05, 4.69) is 26.1 Å². The molecule has 5 heteroatoms. The summed E-state index contributed by atoms with van der Waals surface area (Å²) in [6, 6.07) is 5.54. The summed E-state index contributed by atoms with van der Waals surface area (Å²) < 4.78 is 5.40. The van der Waals surface area contributed by atoms with E-state index in [-0.39, 0.29) is 5.69 Å². The summed E-state index contributed by atoms with van der Waals surface area (Å²) in [6.45, 7) is 9.67. The molecule has 0 heterocycles. The molecule has 1 atom stereocenters. The SMILES string of the molecule is CCNC(Cc1ccc([N+](=O)[O-])c(OCC)c1)CC(C)C. The Morgan fingerprint density at radius 3 is 2.57 bits per heavy atom. The van der Waals surface area contributed by atoms with Crippen molar-refractivity contribution in [3.63, 3.8) is 0 Å². The third-order valence-electron chi connectivity index (χ3n) is 3.25. The maximum atomic E-state index is 11.0. The summed E-state index contributed by atoms with van der Waals surface area (Å²) in [6.07, 6.45) is 1.93. The van der Waals surface area contributed by atoms with Crippen molar-refractivity contribution in [1.82, 2.24) is 5.32 Å². The van der Waals surface area contributed by atoms with Gasteiger partial charge in [0, 0.05) is 12.1 Å². The zero-order valence-electron chi connectivity index (χ0n) is 13.4. The molecule has 21 heavy (non-hydrogen) atoms. The normalized spacial score (nSPS) is 12.4. The molecule has 0 amide bonds. The lowest BCUT2D eigenvalue weighted by Gasteiger charge is -2.20. The fraction of sp³-hybridized carbons (Fsp3) is 0.625. The third kappa shape index (κ3) is 5.71. The van der Waals surface area contributed by atoms with E-state index in [0.717, 1.165) is 24.9 Å². The van der Waals surface area contributed by atoms with Crippen molar-refractivity contribution in [3.8, 4) is 5.75 Å². The van der Waals surface area contributed by atoms with Gasteiger partial charge < -0.3 is 10.1 Å². The second-order valence-corrected chi connectivity index (χ2v) is 5.58. The van der Waals surface area contributed by atoms with Gasteiger partial charge in [-0.1, -0.05) is 26.8 Å². The number of rotatable bonds is 9. The highest BCUT2D eigenvalue weighted by Gasteiger charge is 2.17. The molecule has 1 N–H and O–H groups in total. The van der Waals surface area contributed by atoms with Crippen molar-refractivity contribution >= 4 is 5.69 Å². The summed E-state index contributed by atoms with van der Waals surface area (Å²) in [5, 5.41) is 14.5. The Hall–Kier alpha value is -1.62. The highest BCUT2D eigenvalue weighted by atomic mass is 16.6. The number of nitrogens with zero attached hydrogens (tertiary/aromatic N) is 1. The topological polar surface area (TPSA) is 64.4 Å². The van der Waals surface area contributed by atoms with Gasteiger partial charge in [-0.2, -0.15) is 0 Å². The maximum Gasteiger partial charge on any atom is 0.310 e. The molecular weight excluding hydrogens is 268 g/mol. The van der Waals surface area contributed by atoms with Gasteiger partial charge in [-0.15, -0.1) is 0 Å². The lowest BCUT2D eigenvalue weighted by Crippen LogP contribution is -2.32. The second-order valence-electron chi connectivity index (χ2n) is 5.58. The van der Waals surface area contributed by atoms with E-state index >= 15 is 0 Å². The van der Waals surface area contributed by atoms with Gasteiger partial charge >= 0.3 is 5.69 Å². The van der Waals surface area contributed by atoms with Gasteiger partial charge in [-0.3, -0.25) is 10.1 Å². The van der Waals surface area contributed by atoms with Crippen LogP contribution in [-0.4, -0.2) is 24.1 Å². The van der Waals surface area contributed by atoms with Gasteiger partial charge in [0.25, 0.3) is 0 Å². The molecule has 0 spiro atoms. The highest BCUT2D eigenvalue weighted by molar-refractivity contribution is 5.48. The summed E-state index contributed by atoms with van der Waals surface area (Å²) in [4.78, 5) is 10.6. The van der Waals surface area contributed by atoms with Gasteiger partial charge in [0.1, 0.15) is 0 Å². The van der Waals surface area contributed by atoms with Crippen molar-refractivity contribution in [2.75, 3.05) is 13.2 Å². The monoisotopic (exact) mass is 294 g/mol. The molecule has 0 aliphatic carbocycles. The van der Waals surface area contributed by atoms with Crippen LogP contribution in [0.3, 0.4) is 0 Å². The first-order valence-corrected chi connectivity index (χ1v) is 7.61. The molecule has 0 fully saturated rings. The molecule has 0 aliphatic heterocycles. The fourth-order valence-corrected chi connectivity index (χ4v) is 2.49. The predicted octanol–water partition coefficient (Wildman–Crippen LogP) is 3.56. The summed E-state index contributed by atoms with van der Waals surface area (Å²) >= 11 is 0. The zero-order chi connectivity index (χ0) is 15.8. The van der Waals surface area contributed by atoms with Crippen LogP contribution < -0.4 is 10.1 Å². The van der Waals surface area contributed by atoms with Crippen LogP contribution in [0.1, 0.15) is 39.7 Å². The van der Waals surface area contributed by atoms with E-state index in [0.29, 0.717) is 24.3 Å². The smallest absolute Gasteiger partial charge is 0.310 e. The van der Waals surface area contributed by atoms with Crippen LogP contribution in [0.4, 0.5) is 5.69 Å². The maximum absolute atomic E-state index is 11.0. The Bertz CT molecular complexity index is 461. The lowest BCUT2D eigenvalue weighted by molar-refractivity contribution is -0.385. The Morgan fingerprint density at radius 2 is 2.05 bits per heavy atom. The molecule has 0 aliphatic rings. The zero-order valence-corrected chi connectivity index (χ0v) is 13.4. The van der Waals surface area contributed by atoms with E-state index in [4.69, 9.17) is 4.74 Å². The number of benzene rings is 1. The number of ether oxygens (including phenoxy) is 1. The van der Waals surface area contributed by atoms with Crippen LogP contribution in [0, 0.1) is 16.0 Å². The molecule has 5 nitrogen and oxygen atoms in total. The Labute approximate surface area is 126 Å². The minimum Gasteiger partial charge on any atom is -0.487 e. The minimum absolute atomic E-state index is 0.0319. The van der Waals surface area contributed by atoms with E-state index < -0.39 is 4.92 Å². The highest BCUT2D eigenvalue weighted by Crippen LogP contribution is 2.28.